The number of carbonyl (C=O) groups is 1. The van der Waals surface area contributed by atoms with E-state index < -0.39 is 5.97 Å². The Labute approximate surface area is 200 Å². The Bertz CT molecular complexity index is 1170. The Morgan fingerprint density at radius 2 is 1.44 bits per heavy atom. The number of carbonyl (C=O) groups excluding carboxylic acids is 1. The molecule has 180 valence electrons. The van der Waals surface area contributed by atoms with E-state index in [4.69, 9.17) is 18.8 Å². The van der Waals surface area contributed by atoms with Gasteiger partial charge in [-0.1, -0.05) is 37.0 Å². The van der Waals surface area contributed by atoms with Crippen molar-refractivity contribution in [2.75, 3.05) is 7.11 Å². The molecule has 7 heteroatoms. The molecule has 0 fully saturated rings. The second-order valence-electron chi connectivity index (χ2n) is 8.23. The first-order chi connectivity index (χ1) is 16.5. The van der Waals surface area contributed by atoms with Gasteiger partial charge >= 0.3 is 5.97 Å². The first-order valence-electron chi connectivity index (χ1n) is 11.8. The fourth-order valence-corrected chi connectivity index (χ4v) is 3.65. The van der Waals surface area contributed by atoms with Gasteiger partial charge in [0.15, 0.2) is 0 Å². The van der Waals surface area contributed by atoms with E-state index in [1.807, 2.05) is 38.2 Å². The van der Waals surface area contributed by atoms with Crippen LogP contribution in [0.15, 0.2) is 21.2 Å². The lowest BCUT2D eigenvalue weighted by molar-refractivity contribution is 0.0600. The number of aromatic nitrogens is 3. The Morgan fingerprint density at radius 3 is 1.97 bits per heavy atom. The molecule has 0 aromatic carbocycles. The normalized spacial score (nSPS) is 11.7. The summed E-state index contributed by atoms with van der Waals surface area (Å²) < 4.78 is 15.7. The lowest BCUT2D eigenvalue weighted by Crippen LogP contribution is -2.05. The molecule has 0 aliphatic rings. The Morgan fingerprint density at radius 1 is 0.882 bits per heavy atom. The predicted molar refractivity (Wildman–Crippen MR) is 133 cm³/mol. The van der Waals surface area contributed by atoms with E-state index in [1.54, 1.807) is 12.1 Å². The quantitative estimate of drug-likeness (QED) is 0.300. The predicted octanol–water partition coefficient (Wildman–Crippen LogP) is 6.49. The molecule has 3 rings (SSSR count). The number of aryl methyl sites for hydroxylation is 4. The van der Waals surface area contributed by atoms with Crippen molar-refractivity contribution < 1.29 is 18.6 Å². The van der Waals surface area contributed by atoms with Gasteiger partial charge in [0.1, 0.15) is 11.5 Å². The second-order valence-corrected chi connectivity index (χ2v) is 8.23. The van der Waals surface area contributed by atoms with Gasteiger partial charge in [-0.25, -0.2) is 9.78 Å². The molecular weight excluding hydrogens is 430 g/mol. The largest absolute Gasteiger partial charge is 0.465 e. The number of unbranched alkanes of at least 4 members (excludes halogenated alkanes) is 2. The summed E-state index contributed by atoms with van der Waals surface area (Å²) in [4.78, 5) is 17.1. The van der Waals surface area contributed by atoms with Gasteiger partial charge in [0.25, 0.3) is 0 Å². The summed E-state index contributed by atoms with van der Waals surface area (Å²) >= 11 is 0. The van der Waals surface area contributed by atoms with Crippen LogP contribution in [0, 0.1) is 13.8 Å². The van der Waals surface area contributed by atoms with E-state index in [9.17, 15) is 4.79 Å². The number of methoxy groups -OCH3 is 1. The molecule has 3 heterocycles. The smallest absolute Gasteiger partial charge is 0.340 e. The molecule has 34 heavy (non-hydrogen) atoms. The molecule has 0 atom stereocenters. The highest BCUT2D eigenvalue weighted by Crippen LogP contribution is 2.22. The van der Waals surface area contributed by atoms with Crippen molar-refractivity contribution in [3.63, 3.8) is 0 Å². The number of hydrogen-bond donors (Lipinski definition) is 0. The zero-order valence-electron chi connectivity index (χ0n) is 20.7. The average Bonchev–Trinajstić information content (AvgIpc) is 3.39. The first-order valence-corrected chi connectivity index (χ1v) is 11.8. The van der Waals surface area contributed by atoms with Gasteiger partial charge in [-0.2, -0.15) is 0 Å². The van der Waals surface area contributed by atoms with Gasteiger partial charge < -0.3 is 13.8 Å². The molecule has 0 aliphatic heterocycles. The number of hydrogen-bond acceptors (Lipinski definition) is 7. The minimum atomic E-state index is -0.437. The number of pyridine rings is 1. The molecule has 0 saturated heterocycles. The second kappa shape index (κ2) is 12.1. The van der Waals surface area contributed by atoms with E-state index in [0.29, 0.717) is 17.0 Å². The number of esters is 1. The van der Waals surface area contributed by atoms with Crippen LogP contribution < -0.4 is 0 Å². The van der Waals surface area contributed by atoms with Crippen molar-refractivity contribution in [3.05, 3.63) is 63.1 Å². The molecule has 7 nitrogen and oxygen atoms in total. The molecule has 0 aliphatic carbocycles. The average molecular weight is 464 g/mol. The van der Waals surface area contributed by atoms with Crippen LogP contribution in [0.1, 0.15) is 95.3 Å². The van der Waals surface area contributed by atoms with Gasteiger partial charge in [0.05, 0.1) is 35.4 Å². The highest BCUT2D eigenvalue weighted by Gasteiger charge is 2.14. The van der Waals surface area contributed by atoms with E-state index in [1.165, 1.54) is 7.11 Å². The van der Waals surface area contributed by atoms with Crippen molar-refractivity contribution in [1.29, 1.82) is 0 Å². The highest BCUT2D eigenvalue weighted by molar-refractivity contribution is 5.94. The molecule has 3 aromatic rings. The molecule has 0 amide bonds. The third-order valence-corrected chi connectivity index (χ3v) is 5.68. The zero-order chi connectivity index (χ0) is 24.5. The number of rotatable bonds is 11. The fourth-order valence-electron chi connectivity index (χ4n) is 3.65. The third-order valence-electron chi connectivity index (χ3n) is 5.68. The Balaban J connectivity index is 1.93. The van der Waals surface area contributed by atoms with Crippen LogP contribution in [-0.2, 0) is 17.6 Å². The summed E-state index contributed by atoms with van der Waals surface area (Å²) in [5.74, 6) is 1.07. The van der Waals surface area contributed by atoms with Crippen molar-refractivity contribution in [2.24, 2.45) is 0 Å². The topological polar surface area (TPSA) is 91.2 Å². The van der Waals surface area contributed by atoms with E-state index in [2.05, 4.69) is 24.2 Å². The summed E-state index contributed by atoms with van der Waals surface area (Å²) in [5.41, 5.74) is 5.38. The van der Waals surface area contributed by atoms with Crippen LogP contribution in [0.2, 0.25) is 0 Å². The van der Waals surface area contributed by atoms with E-state index >= 15 is 0 Å². The Kier molecular flexibility index (Phi) is 8.96. The molecule has 0 spiro atoms. The lowest BCUT2D eigenvalue weighted by atomic mass is 10.1. The number of ether oxygens (including phenoxy) is 1. The van der Waals surface area contributed by atoms with Gasteiger partial charge in [-0.05, 0) is 76.0 Å². The minimum absolute atomic E-state index is 0.393. The summed E-state index contributed by atoms with van der Waals surface area (Å²) in [6.45, 7) is 8.08. The molecule has 0 saturated carbocycles. The van der Waals surface area contributed by atoms with Crippen molar-refractivity contribution in [3.8, 4) is 0 Å². The zero-order valence-corrected chi connectivity index (χ0v) is 20.7. The molecule has 0 N–H and O–H groups in total. The summed E-state index contributed by atoms with van der Waals surface area (Å²) in [5, 5.41) is 8.38. The lowest BCUT2D eigenvalue weighted by Gasteiger charge is -2.05. The maximum atomic E-state index is 12.4. The van der Waals surface area contributed by atoms with Crippen LogP contribution in [0.3, 0.4) is 0 Å². The number of nitrogens with zero attached hydrogens (tertiary/aromatic N) is 3. The first kappa shape index (κ1) is 25.1. The van der Waals surface area contributed by atoms with Crippen LogP contribution >= 0.6 is 0 Å². The standard InChI is InChI=1S/C27H33N3O4/c1-6-8-10-25-21(18(3)33-29-25)14-12-20-13-15-23(27(31)32-5)24(28-20)17-16-22-19(4)34-30-26(22)11-9-7-2/h12-17H,6-11H2,1-5H3. The minimum Gasteiger partial charge on any atom is -0.465 e. The van der Waals surface area contributed by atoms with Crippen LogP contribution in [0.4, 0.5) is 0 Å². The Hall–Kier alpha value is -3.48. The van der Waals surface area contributed by atoms with Crippen LogP contribution in [0.5, 0.6) is 0 Å². The fraction of sp³-hybridized carbons (Fsp3) is 0.407. The van der Waals surface area contributed by atoms with E-state index in [0.717, 1.165) is 72.6 Å². The van der Waals surface area contributed by atoms with Crippen molar-refractivity contribution >= 4 is 30.3 Å². The van der Waals surface area contributed by atoms with Crippen molar-refractivity contribution in [1.82, 2.24) is 15.3 Å². The summed E-state index contributed by atoms with van der Waals surface area (Å²) in [6, 6.07) is 3.53. The van der Waals surface area contributed by atoms with Gasteiger partial charge in [-0.3, -0.25) is 0 Å². The highest BCUT2D eigenvalue weighted by atomic mass is 16.5. The van der Waals surface area contributed by atoms with Crippen molar-refractivity contribution in [2.45, 2.75) is 66.2 Å². The van der Waals surface area contributed by atoms with Crippen LogP contribution in [-0.4, -0.2) is 28.4 Å². The van der Waals surface area contributed by atoms with Gasteiger partial charge in [0.2, 0.25) is 0 Å². The van der Waals surface area contributed by atoms with Crippen LogP contribution in [0.25, 0.3) is 24.3 Å². The molecular formula is C27H33N3O4. The maximum Gasteiger partial charge on any atom is 0.340 e. The van der Waals surface area contributed by atoms with Gasteiger partial charge in [0, 0.05) is 11.1 Å². The van der Waals surface area contributed by atoms with E-state index in [-0.39, 0.29) is 0 Å². The maximum absolute atomic E-state index is 12.4. The molecule has 0 unspecified atom stereocenters. The molecule has 0 radical (unpaired) electrons. The summed E-state index contributed by atoms with van der Waals surface area (Å²) in [6.07, 6.45) is 13.6. The SMILES string of the molecule is CCCCc1noc(C)c1C=Cc1ccc(C(=O)OC)c(C=Cc2c(CCCC)noc2C)n1. The molecule has 3 aromatic heterocycles. The monoisotopic (exact) mass is 463 g/mol. The molecule has 0 bridgehead atoms. The van der Waals surface area contributed by atoms with Gasteiger partial charge in [-0.15, -0.1) is 0 Å². The third kappa shape index (κ3) is 6.10. The summed E-state index contributed by atoms with van der Waals surface area (Å²) in [7, 11) is 1.36.